The lowest BCUT2D eigenvalue weighted by Gasteiger charge is -2.32. The Kier molecular flexibility index (Phi) is 6.40. The maximum Gasteiger partial charge on any atom is 0.241 e. The molecule has 0 aliphatic carbocycles. The first-order chi connectivity index (χ1) is 14.6. The highest BCUT2D eigenvalue weighted by molar-refractivity contribution is 5.83. The van der Waals surface area contributed by atoms with Crippen LogP contribution in [-0.2, 0) is 16.1 Å². The van der Waals surface area contributed by atoms with Crippen LogP contribution in [0.5, 0.6) is 0 Å². The van der Waals surface area contributed by atoms with Crippen LogP contribution in [0.3, 0.4) is 0 Å². The van der Waals surface area contributed by atoms with E-state index in [1.165, 1.54) is 5.56 Å². The number of hydrogen-bond acceptors (Lipinski definition) is 5. The number of piperidine rings is 1. The van der Waals surface area contributed by atoms with Crippen molar-refractivity contribution in [1.29, 1.82) is 0 Å². The van der Waals surface area contributed by atoms with Gasteiger partial charge in [0, 0.05) is 44.0 Å². The second-order valence-corrected chi connectivity index (χ2v) is 8.22. The summed E-state index contributed by atoms with van der Waals surface area (Å²) >= 11 is 0. The molecule has 2 aliphatic rings. The van der Waals surface area contributed by atoms with Crippen LogP contribution in [0, 0.1) is 12.8 Å². The van der Waals surface area contributed by atoms with Crippen LogP contribution < -0.4 is 16.2 Å². The number of carbonyl (C=O) groups excluding carboxylic acids is 2. The molecule has 2 fully saturated rings. The molecule has 30 heavy (non-hydrogen) atoms. The van der Waals surface area contributed by atoms with E-state index >= 15 is 0 Å². The van der Waals surface area contributed by atoms with Crippen molar-refractivity contribution in [2.75, 3.05) is 13.1 Å². The van der Waals surface area contributed by atoms with Crippen molar-refractivity contribution < 1.29 is 9.59 Å². The van der Waals surface area contributed by atoms with Gasteiger partial charge < -0.3 is 10.2 Å². The van der Waals surface area contributed by atoms with Gasteiger partial charge in [0.2, 0.25) is 11.8 Å². The normalized spacial score (nSPS) is 22.1. The Morgan fingerprint density at radius 3 is 2.63 bits per heavy atom. The third kappa shape index (κ3) is 4.86. The van der Waals surface area contributed by atoms with Gasteiger partial charge in [0.15, 0.2) is 0 Å². The Morgan fingerprint density at radius 2 is 1.90 bits per heavy atom. The van der Waals surface area contributed by atoms with Gasteiger partial charge in [-0.2, -0.15) is 0 Å². The molecular formula is C23H29N5O2. The number of nitrogens with one attached hydrogen (secondary N) is 3. The van der Waals surface area contributed by atoms with Crippen LogP contribution in [0.4, 0.5) is 0 Å². The van der Waals surface area contributed by atoms with E-state index in [0.717, 1.165) is 11.1 Å². The number of likely N-dealkylation sites (tertiary alicyclic amines) is 1. The number of aromatic nitrogens is 1. The third-order valence-electron chi connectivity index (χ3n) is 6.04. The molecule has 2 atom stereocenters. The summed E-state index contributed by atoms with van der Waals surface area (Å²) < 4.78 is 0. The number of hydrogen-bond donors (Lipinski definition) is 3. The second kappa shape index (κ2) is 9.36. The molecule has 3 N–H and O–H groups in total. The number of amides is 2. The minimum Gasteiger partial charge on any atom is -0.352 e. The highest BCUT2D eigenvalue weighted by Gasteiger charge is 2.35. The number of pyridine rings is 1. The fraction of sp³-hybridized carbons (Fsp3) is 0.435. The molecule has 2 aliphatic heterocycles. The molecular weight excluding hydrogens is 378 g/mol. The summed E-state index contributed by atoms with van der Waals surface area (Å²) in [6.45, 7) is 3.85. The van der Waals surface area contributed by atoms with Crippen LogP contribution in [0.25, 0.3) is 0 Å². The molecule has 3 heterocycles. The maximum absolute atomic E-state index is 12.9. The fourth-order valence-electron chi connectivity index (χ4n) is 4.27. The Labute approximate surface area is 177 Å². The SMILES string of the molecule is Cc1cccc(CNC(=O)C2CCN(C(=O)C3CC(c4ccncc4)NN3)CC2)c1. The molecule has 1 aromatic carbocycles. The van der Waals surface area contributed by atoms with E-state index < -0.39 is 0 Å². The summed E-state index contributed by atoms with van der Waals surface area (Å²) in [7, 11) is 0. The monoisotopic (exact) mass is 407 g/mol. The molecule has 2 amide bonds. The average Bonchev–Trinajstić information content (AvgIpc) is 3.28. The molecule has 4 rings (SSSR count). The molecule has 0 saturated carbocycles. The fourth-order valence-corrected chi connectivity index (χ4v) is 4.27. The second-order valence-electron chi connectivity index (χ2n) is 8.22. The Balaban J connectivity index is 1.23. The minimum atomic E-state index is -0.241. The van der Waals surface area contributed by atoms with Crippen molar-refractivity contribution in [2.24, 2.45) is 5.92 Å². The first-order valence-electron chi connectivity index (χ1n) is 10.6. The first kappa shape index (κ1) is 20.5. The molecule has 1 aromatic heterocycles. The van der Waals surface area contributed by atoms with Gasteiger partial charge in [-0.25, -0.2) is 10.9 Å². The molecule has 0 spiro atoms. The third-order valence-corrected chi connectivity index (χ3v) is 6.04. The van der Waals surface area contributed by atoms with Crippen molar-refractivity contribution in [3.05, 3.63) is 65.5 Å². The number of aryl methyl sites for hydroxylation is 1. The van der Waals surface area contributed by atoms with Gasteiger partial charge in [-0.05, 0) is 49.4 Å². The van der Waals surface area contributed by atoms with Crippen LogP contribution in [0.15, 0.2) is 48.8 Å². The maximum atomic E-state index is 12.9. The molecule has 2 aromatic rings. The van der Waals surface area contributed by atoms with Crippen molar-refractivity contribution in [3.63, 3.8) is 0 Å². The van der Waals surface area contributed by atoms with E-state index in [0.29, 0.717) is 38.9 Å². The predicted octanol–water partition coefficient (Wildman–Crippen LogP) is 1.85. The summed E-state index contributed by atoms with van der Waals surface area (Å²) in [6, 6.07) is 12.0. The Morgan fingerprint density at radius 1 is 1.13 bits per heavy atom. The molecule has 2 saturated heterocycles. The van der Waals surface area contributed by atoms with Gasteiger partial charge in [0.25, 0.3) is 0 Å². The number of benzene rings is 1. The number of carbonyl (C=O) groups is 2. The van der Waals surface area contributed by atoms with Crippen molar-refractivity contribution >= 4 is 11.8 Å². The largest absolute Gasteiger partial charge is 0.352 e. The van der Waals surface area contributed by atoms with E-state index in [1.54, 1.807) is 12.4 Å². The van der Waals surface area contributed by atoms with Crippen LogP contribution in [-0.4, -0.2) is 40.8 Å². The van der Waals surface area contributed by atoms with Crippen molar-refractivity contribution in [2.45, 2.75) is 44.8 Å². The van der Waals surface area contributed by atoms with Gasteiger partial charge in [0.1, 0.15) is 6.04 Å². The lowest BCUT2D eigenvalue weighted by molar-refractivity contribution is -0.137. The number of rotatable bonds is 5. The summed E-state index contributed by atoms with van der Waals surface area (Å²) in [4.78, 5) is 31.4. The standard InChI is InChI=1S/C23H29N5O2/c1-16-3-2-4-17(13-16)15-25-22(29)19-7-11-28(12-8-19)23(30)21-14-20(26-27-21)18-5-9-24-10-6-18/h2-6,9-10,13,19-21,26-27H,7-8,11-12,14-15H2,1H3,(H,25,29). The van der Waals surface area contributed by atoms with Crippen LogP contribution >= 0.6 is 0 Å². The summed E-state index contributed by atoms with van der Waals surface area (Å²) in [6.07, 6.45) is 5.65. The molecule has 0 radical (unpaired) electrons. The van der Waals surface area contributed by atoms with Crippen molar-refractivity contribution in [3.8, 4) is 0 Å². The average molecular weight is 408 g/mol. The zero-order valence-electron chi connectivity index (χ0n) is 17.3. The first-order valence-corrected chi connectivity index (χ1v) is 10.6. The molecule has 158 valence electrons. The van der Waals surface area contributed by atoms with Crippen LogP contribution in [0.1, 0.15) is 42.0 Å². The lowest BCUT2D eigenvalue weighted by atomic mass is 9.94. The zero-order valence-corrected chi connectivity index (χ0v) is 17.3. The zero-order chi connectivity index (χ0) is 20.9. The summed E-state index contributed by atoms with van der Waals surface area (Å²) in [5.41, 5.74) is 9.78. The molecule has 2 unspecified atom stereocenters. The van der Waals surface area contributed by atoms with Crippen LogP contribution in [0.2, 0.25) is 0 Å². The summed E-state index contributed by atoms with van der Waals surface area (Å²) in [5.74, 6) is 0.165. The summed E-state index contributed by atoms with van der Waals surface area (Å²) in [5, 5.41) is 3.05. The van der Waals surface area contributed by atoms with Gasteiger partial charge in [0.05, 0.1) is 0 Å². The topological polar surface area (TPSA) is 86.4 Å². The lowest BCUT2D eigenvalue weighted by Crippen LogP contribution is -2.49. The van der Waals surface area contributed by atoms with E-state index in [4.69, 9.17) is 0 Å². The van der Waals surface area contributed by atoms with Gasteiger partial charge in [-0.15, -0.1) is 0 Å². The van der Waals surface area contributed by atoms with Gasteiger partial charge in [-0.1, -0.05) is 29.8 Å². The van der Waals surface area contributed by atoms with Crippen molar-refractivity contribution in [1.82, 2.24) is 26.1 Å². The smallest absolute Gasteiger partial charge is 0.241 e. The number of hydrazine groups is 1. The molecule has 0 bridgehead atoms. The predicted molar refractivity (Wildman–Crippen MR) is 114 cm³/mol. The Hall–Kier alpha value is -2.77. The van der Waals surface area contributed by atoms with Gasteiger partial charge >= 0.3 is 0 Å². The minimum absolute atomic E-state index is 0.0295. The highest BCUT2D eigenvalue weighted by atomic mass is 16.2. The highest BCUT2D eigenvalue weighted by Crippen LogP contribution is 2.24. The van der Waals surface area contributed by atoms with E-state index in [-0.39, 0.29) is 29.8 Å². The van der Waals surface area contributed by atoms with E-state index in [2.05, 4.69) is 27.2 Å². The quantitative estimate of drug-likeness (QED) is 0.704. The Bertz CT molecular complexity index is 880. The molecule has 7 heteroatoms. The number of nitrogens with zero attached hydrogens (tertiary/aromatic N) is 2. The van der Waals surface area contributed by atoms with E-state index in [1.807, 2.05) is 42.2 Å². The molecule has 7 nitrogen and oxygen atoms in total. The van der Waals surface area contributed by atoms with Gasteiger partial charge in [-0.3, -0.25) is 14.6 Å². The van der Waals surface area contributed by atoms with E-state index in [9.17, 15) is 9.59 Å².